The van der Waals surface area contributed by atoms with Gasteiger partial charge in [0, 0.05) is 12.6 Å². The molecule has 0 spiro atoms. The second-order valence-corrected chi connectivity index (χ2v) is 8.00. The molecule has 1 aliphatic rings. The number of carbonyl (C=O) groups is 1. The van der Waals surface area contributed by atoms with Gasteiger partial charge in [-0.2, -0.15) is 4.31 Å². The van der Waals surface area contributed by atoms with Crippen LogP contribution in [-0.2, 0) is 14.8 Å². The molecule has 5 nitrogen and oxygen atoms in total. The molecule has 0 saturated carbocycles. The lowest BCUT2D eigenvalue weighted by Crippen LogP contribution is -2.47. The molecule has 0 aliphatic carbocycles. The average Bonchev–Trinajstić information content (AvgIpc) is 2.76. The van der Waals surface area contributed by atoms with Crippen molar-refractivity contribution >= 4 is 38.9 Å². The molecule has 2 atom stereocenters. The van der Waals surface area contributed by atoms with Gasteiger partial charge in [-0.25, -0.2) is 8.42 Å². The van der Waals surface area contributed by atoms with Crippen molar-refractivity contribution in [2.24, 2.45) is 5.92 Å². The Labute approximate surface area is 120 Å². The van der Waals surface area contributed by atoms with E-state index in [0.717, 1.165) is 11.3 Å². The fourth-order valence-corrected chi connectivity index (χ4v) is 5.68. The summed E-state index contributed by atoms with van der Waals surface area (Å²) in [5.74, 6) is -1.60. The predicted octanol–water partition coefficient (Wildman–Crippen LogP) is 2.28. The summed E-state index contributed by atoms with van der Waals surface area (Å²) >= 11 is 6.93. The minimum atomic E-state index is -3.71. The molecular weight excluding hydrogens is 310 g/mol. The highest BCUT2D eigenvalue weighted by Gasteiger charge is 2.38. The molecule has 1 saturated heterocycles. The van der Waals surface area contributed by atoms with Gasteiger partial charge in [0.1, 0.15) is 0 Å². The second kappa shape index (κ2) is 5.40. The van der Waals surface area contributed by atoms with Crippen LogP contribution in [0.15, 0.2) is 15.7 Å². The molecule has 2 rings (SSSR count). The third-order valence-electron chi connectivity index (χ3n) is 3.30. The molecule has 0 radical (unpaired) electrons. The van der Waals surface area contributed by atoms with Gasteiger partial charge >= 0.3 is 5.97 Å². The van der Waals surface area contributed by atoms with Gasteiger partial charge in [-0.3, -0.25) is 4.79 Å². The molecule has 1 aromatic rings. The summed E-state index contributed by atoms with van der Waals surface area (Å²) in [6, 6.07) is 1.32. The van der Waals surface area contributed by atoms with Gasteiger partial charge in [-0.15, -0.1) is 11.3 Å². The minimum absolute atomic E-state index is 0.00701. The van der Waals surface area contributed by atoms with E-state index in [0.29, 0.717) is 12.8 Å². The van der Waals surface area contributed by atoms with Gasteiger partial charge in [0.25, 0.3) is 10.0 Å². The number of rotatable bonds is 3. The van der Waals surface area contributed by atoms with Gasteiger partial charge in [0.2, 0.25) is 0 Å². The standard InChI is InChI=1S/C11H14ClNO4S2/c1-7-2-3-8(10(14)15)6-13(7)19(16,17)11-9(12)4-5-18-11/h4-5,7-8H,2-3,6H2,1H3,(H,14,15). The Balaban J connectivity index is 2.33. The zero-order chi connectivity index (χ0) is 14.2. The predicted molar refractivity (Wildman–Crippen MR) is 73.0 cm³/mol. The van der Waals surface area contributed by atoms with E-state index in [-0.39, 0.29) is 21.8 Å². The van der Waals surface area contributed by atoms with Crippen molar-refractivity contribution in [3.8, 4) is 0 Å². The fourth-order valence-electron chi connectivity index (χ4n) is 2.18. The molecule has 0 amide bonds. The maximum Gasteiger partial charge on any atom is 0.307 e. The average molecular weight is 324 g/mol. The number of thiophene rings is 1. The minimum Gasteiger partial charge on any atom is -0.481 e. The Hall–Kier alpha value is -0.630. The van der Waals surface area contributed by atoms with Crippen LogP contribution in [0.25, 0.3) is 0 Å². The molecule has 1 aromatic heterocycles. The van der Waals surface area contributed by atoms with Crippen LogP contribution in [-0.4, -0.2) is 36.4 Å². The van der Waals surface area contributed by atoms with Gasteiger partial charge in [-0.05, 0) is 31.2 Å². The number of carboxylic acids is 1. The monoisotopic (exact) mass is 323 g/mol. The Kier molecular flexibility index (Phi) is 4.20. The maximum atomic E-state index is 12.5. The first kappa shape index (κ1) is 14.8. The van der Waals surface area contributed by atoms with Crippen LogP contribution < -0.4 is 0 Å². The van der Waals surface area contributed by atoms with E-state index in [1.165, 1.54) is 10.4 Å². The summed E-state index contributed by atoms with van der Waals surface area (Å²) in [6.07, 6.45) is 1.04. The van der Waals surface area contributed by atoms with Crippen LogP contribution in [0.2, 0.25) is 5.02 Å². The van der Waals surface area contributed by atoms with E-state index < -0.39 is 21.9 Å². The quantitative estimate of drug-likeness (QED) is 0.926. The van der Waals surface area contributed by atoms with E-state index in [1.54, 1.807) is 12.3 Å². The summed E-state index contributed by atoms with van der Waals surface area (Å²) in [4.78, 5) is 11.0. The molecule has 19 heavy (non-hydrogen) atoms. The third kappa shape index (κ3) is 2.79. The molecule has 0 bridgehead atoms. The van der Waals surface area contributed by atoms with Crippen LogP contribution in [0.4, 0.5) is 0 Å². The van der Waals surface area contributed by atoms with E-state index in [9.17, 15) is 13.2 Å². The zero-order valence-electron chi connectivity index (χ0n) is 10.2. The highest BCUT2D eigenvalue weighted by atomic mass is 35.5. The van der Waals surface area contributed by atoms with Crippen molar-refractivity contribution in [1.29, 1.82) is 0 Å². The first-order valence-electron chi connectivity index (χ1n) is 5.81. The van der Waals surface area contributed by atoms with E-state index in [1.807, 2.05) is 0 Å². The van der Waals surface area contributed by atoms with Gasteiger partial charge < -0.3 is 5.11 Å². The number of carboxylic acid groups (broad SMARTS) is 1. The first-order valence-corrected chi connectivity index (χ1v) is 8.51. The van der Waals surface area contributed by atoms with Crippen molar-refractivity contribution in [2.45, 2.75) is 30.0 Å². The molecule has 1 fully saturated rings. The van der Waals surface area contributed by atoms with Crippen molar-refractivity contribution in [3.05, 3.63) is 16.5 Å². The van der Waals surface area contributed by atoms with Crippen LogP contribution >= 0.6 is 22.9 Å². The van der Waals surface area contributed by atoms with Crippen molar-refractivity contribution < 1.29 is 18.3 Å². The molecule has 1 N–H and O–H groups in total. The number of sulfonamides is 1. The summed E-state index contributed by atoms with van der Waals surface area (Å²) in [5.41, 5.74) is 0. The molecule has 1 aliphatic heterocycles. The molecule has 0 aromatic carbocycles. The lowest BCUT2D eigenvalue weighted by Gasteiger charge is -2.35. The summed E-state index contributed by atoms with van der Waals surface area (Å²) in [6.45, 7) is 1.80. The topological polar surface area (TPSA) is 74.7 Å². The number of piperidine rings is 1. The normalized spacial score (nSPS) is 25.4. The highest BCUT2D eigenvalue weighted by Crippen LogP contribution is 2.34. The zero-order valence-corrected chi connectivity index (χ0v) is 12.6. The Morgan fingerprint density at radius 3 is 2.74 bits per heavy atom. The van der Waals surface area contributed by atoms with E-state index in [4.69, 9.17) is 16.7 Å². The molecular formula is C11H14ClNO4S2. The third-order valence-corrected chi connectivity index (χ3v) is 7.28. The molecule has 2 unspecified atom stereocenters. The van der Waals surface area contributed by atoms with Crippen molar-refractivity contribution in [2.75, 3.05) is 6.54 Å². The summed E-state index contributed by atoms with van der Waals surface area (Å²) in [5, 5.41) is 10.8. The number of halogens is 1. The van der Waals surface area contributed by atoms with Crippen LogP contribution in [0, 0.1) is 5.92 Å². The largest absolute Gasteiger partial charge is 0.481 e. The molecule has 8 heteroatoms. The number of hydrogen-bond donors (Lipinski definition) is 1. The molecule has 106 valence electrons. The Bertz CT molecular complexity index is 583. The van der Waals surface area contributed by atoms with Crippen molar-refractivity contribution in [1.82, 2.24) is 4.31 Å². The number of aliphatic carboxylic acids is 1. The Morgan fingerprint density at radius 1 is 1.53 bits per heavy atom. The SMILES string of the molecule is CC1CCC(C(=O)O)CN1S(=O)(=O)c1sccc1Cl. The highest BCUT2D eigenvalue weighted by molar-refractivity contribution is 7.91. The maximum absolute atomic E-state index is 12.5. The van der Waals surface area contributed by atoms with Gasteiger partial charge in [0.05, 0.1) is 10.9 Å². The van der Waals surface area contributed by atoms with Crippen LogP contribution in [0.5, 0.6) is 0 Å². The van der Waals surface area contributed by atoms with Gasteiger partial charge in [0.15, 0.2) is 4.21 Å². The number of nitrogens with zero attached hydrogens (tertiary/aromatic N) is 1. The number of hydrogen-bond acceptors (Lipinski definition) is 4. The van der Waals surface area contributed by atoms with Gasteiger partial charge in [-0.1, -0.05) is 11.6 Å². The van der Waals surface area contributed by atoms with Crippen LogP contribution in [0.1, 0.15) is 19.8 Å². The Morgan fingerprint density at radius 2 is 2.21 bits per heavy atom. The fraction of sp³-hybridized carbons (Fsp3) is 0.545. The summed E-state index contributed by atoms with van der Waals surface area (Å²) in [7, 11) is -3.71. The molecule has 2 heterocycles. The van der Waals surface area contributed by atoms with E-state index in [2.05, 4.69) is 0 Å². The summed E-state index contributed by atoms with van der Waals surface area (Å²) < 4.78 is 26.4. The first-order chi connectivity index (χ1) is 8.84. The van der Waals surface area contributed by atoms with Crippen LogP contribution in [0.3, 0.4) is 0 Å². The van der Waals surface area contributed by atoms with E-state index >= 15 is 0 Å². The lowest BCUT2D eigenvalue weighted by molar-refractivity contribution is -0.143. The lowest BCUT2D eigenvalue weighted by atomic mass is 9.96. The second-order valence-electron chi connectivity index (χ2n) is 4.59. The smallest absolute Gasteiger partial charge is 0.307 e. The van der Waals surface area contributed by atoms with Crippen molar-refractivity contribution in [3.63, 3.8) is 0 Å².